The maximum absolute atomic E-state index is 12.2. The monoisotopic (exact) mass is 363 g/mol. The molecule has 132 valence electrons. The van der Waals surface area contributed by atoms with E-state index < -0.39 is 28.2 Å². The van der Waals surface area contributed by atoms with Gasteiger partial charge >= 0.3 is 12.1 Å². The molecule has 8 heteroatoms. The number of rotatable bonds is 5. The predicted molar refractivity (Wildman–Crippen MR) is 89.2 cm³/mol. The Morgan fingerprint density at radius 1 is 1.00 bits per heavy atom. The van der Waals surface area contributed by atoms with Crippen LogP contribution in [0.1, 0.15) is 17.2 Å². The minimum atomic E-state index is -4.11. The van der Waals surface area contributed by atoms with E-state index in [9.17, 15) is 18.0 Å². The number of benzene rings is 2. The van der Waals surface area contributed by atoms with E-state index in [1.54, 1.807) is 54.1 Å². The van der Waals surface area contributed by atoms with Gasteiger partial charge in [-0.05, 0) is 19.1 Å². The number of nitrogens with one attached hydrogen (secondary N) is 1. The topological polar surface area (TPSA) is 98.8 Å². The van der Waals surface area contributed by atoms with Crippen LogP contribution in [0.3, 0.4) is 0 Å². The van der Waals surface area contributed by atoms with Gasteiger partial charge in [-0.2, -0.15) is 0 Å². The standard InChI is InChI=1S/C17H17NO6S/c1-12-8-10-14(11-9-12)25(21,22)18-17(20)24-15(16(19)23-2)13-6-4-3-5-7-13/h3-11,15H,1-2H3,(H,18,20)/t15-/m0/s1. The molecule has 0 aliphatic carbocycles. The van der Waals surface area contributed by atoms with Crippen molar-refractivity contribution < 1.29 is 27.5 Å². The second kappa shape index (κ2) is 7.80. The smallest absolute Gasteiger partial charge is 0.422 e. The van der Waals surface area contributed by atoms with Crippen molar-refractivity contribution in [1.29, 1.82) is 0 Å². The highest BCUT2D eigenvalue weighted by molar-refractivity contribution is 7.90. The van der Waals surface area contributed by atoms with Gasteiger partial charge in [0.2, 0.25) is 6.10 Å². The van der Waals surface area contributed by atoms with Crippen molar-refractivity contribution in [3.63, 3.8) is 0 Å². The maximum atomic E-state index is 12.2. The van der Waals surface area contributed by atoms with E-state index in [1.165, 1.54) is 12.1 Å². The van der Waals surface area contributed by atoms with Crippen LogP contribution in [-0.4, -0.2) is 27.6 Å². The van der Waals surface area contributed by atoms with Crippen molar-refractivity contribution in [2.45, 2.75) is 17.9 Å². The van der Waals surface area contributed by atoms with Crippen molar-refractivity contribution in [2.75, 3.05) is 7.11 Å². The number of carbonyl (C=O) groups excluding carboxylic acids is 2. The van der Waals surface area contributed by atoms with E-state index in [1.807, 2.05) is 0 Å². The molecule has 0 unspecified atom stereocenters. The Morgan fingerprint density at radius 2 is 1.60 bits per heavy atom. The van der Waals surface area contributed by atoms with E-state index in [0.717, 1.165) is 12.7 Å². The van der Waals surface area contributed by atoms with E-state index in [-0.39, 0.29) is 4.90 Å². The summed E-state index contributed by atoms with van der Waals surface area (Å²) in [5, 5.41) is 0. The lowest BCUT2D eigenvalue weighted by Crippen LogP contribution is -2.34. The molecule has 1 N–H and O–H groups in total. The Labute approximate surface area is 145 Å². The molecule has 1 amide bonds. The van der Waals surface area contributed by atoms with Gasteiger partial charge in [0.15, 0.2) is 0 Å². The largest absolute Gasteiger partial charge is 0.466 e. The van der Waals surface area contributed by atoms with Crippen LogP contribution in [0.15, 0.2) is 59.5 Å². The normalized spacial score (nSPS) is 12.1. The van der Waals surface area contributed by atoms with Crippen LogP contribution >= 0.6 is 0 Å². The lowest BCUT2D eigenvalue weighted by Gasteiger charge is -2.16. The number of esters is 1. The number of carbonyl (C=O) groups is 2. The van der Waals surface area contributed by atoms with Gasteiger partial charge < -0.3 is 9.47 Å². The van der Waals surface area contributed by atoms with Crippen LogP contribution in [-0.2, 0) is 24.3 Å². The number of sulfonamides is 1. The van der Waals surface area contributed by atoms with Gasteiger partial charge in [0.25, 0.3) is 10.0 Å². The number of methoxy groups -OCH3 is 1. The van der Waals surface area contributed by atoms with Crippen molar-refractivity contribution in [1.82, 2.24) is 4.72 Å². The molecular formula is C17H17NO6S. The minimum Gasteiger partial charge on any atom is -0.466 e. The summed E-state index contributed by atoms with van der Waals surface area (Å²) >= 11 is 0. The molecule has 1 atom stereocenters. The predicted octanol–water partition coefficient (Wildman–Crippen LogP) is 2.32. The number of hydrogen-bond acceptors (Lipinski definition) is 6. The molecule has 7 nitrogen and oxygen atoms in total. The van der Waals surface area contributed by atoms with Crippen LogP contribution < -0.4 is 4.72 Å². The summed E-state index contributed by atoms with van der Waals surface area (Å²) in [5.41, 5.74) is 1.23. The van der Waals surface area contributed by atoms with E-state index in [0.29, 0.717) is 5.56 Å². The first-order chi connectivity index (χ1) is 11.8. The summed E-state index contributed by atoms with van der Waals surface area (Å²) < 4.78 is 35.7. The fraction of sp³-hybridized carbons (Fsp3) is 0.176. The van der Waals surface area contributed by atoms with Crippen molar-refractivity contribution in [3.8, 4) is 0 Å². The summed E-state index contributed by atoms with van der Waals surface area (Å²) in [6, 6.07) is 14.1. The molecule has 0 aliphatic heterocycles. The van der Waals surface area contributed by atoms with Crippen molar-refractivity contribution in [3.05, 3.63) is 65.7 Å². The maximum Gasteiger partial charge on any atom is 0.422 e. The molecule has 0 aromatic heterocycles. The second-order valence-electron chi connectivity index (χ2n) is 5.14. The van der Waals surface area contributed by atoms with Gasteiger partial charge in [-0.15, -0.1) is 0 Å². The average Bonchev–Trinajstić information content (AvgIpc) is 2.59. The van der Waals surface area contributed by atoms with Crippen molar-refractivity contribution >= 4 is 22.1 Å². The lowest BCUT2D eigenvalue weighted by molar-refractivity contribution is -0.150. The molecule has 0 heterocycles. The Balaban J connectivity index is 2.16. The van der Waals surface area contributed by atoms with E-state index in [4.69, 9.17) is 4.74 Å². The molecule has 2 aromatic carbocycles. The average molecular weight is 363 g/mol. The Morgan fingerprint density at radius 3 is 2.16 bits per heavy atom. The Hall–Kier alpha value is -2.87. The van der Waals surface area contributed by atoms with Crippen LogP contribution in [0, 0.1) is 6.92 Å². The highest BCUT2D eigenvalue weighted by Crippen LogP contribution is 2.19. The van der Waals surface area contributed by atoms with Crippen LogP contribution in [0.4, 0.5) is 4.79 Å². The zero-order valence-electron chi connectivity index (χ0n) is 13.6. The third-order valence-corrected chi connectivity index (χ3v) is 4.62. The highest BCUT2D eigenvalue weighted by Gasteiger charge is 2.28. The number of aryl methyl sites for hydroxylation is 1. The third-order valence-electron chi connectivity index (χ3n) is 3.29. The molecular weight excluding hydrogens is 346 g/mol. The first-order valence-electron chi connectivity index (χ1n) is 7.26. The fourth-order valence-corrected chi connectivity index (χ4v) is 2.88. The van der Waals surface area contributed by atoms with Crippen LogP contribution in [0.25, 0.3) is 0 Å². The molecule has 0 saturated heterocycles. The Bertz CT molecular complexity index is 846. The summed E-state index contributed by atoms with van der Waals surface area (Å²) in [4.78, 5) is 23.7. The summed E-state index contributed by atoms with van der Waals surface area (Å²) in [5.74, 6) is -0.825. The zero-order chi connectivity index (χ0) is 18.4. The number of amides is 1. The van der Waals surface area contributed by atoms with Gasteiger partial charge in [-0.1, -0.05) is 48.0 Å². The van der Waals surface area contributed by atoms with Crippen LogP contribution in [0.2, 0.25) is 0 Å². The van der Waals surface area contributed by atoms with Gasteiger partial charge in [0.05, 0.1) is 12.0 Å². The molecule has 2 aromatic rings. The first-order valence-corrected chi connectivity index (χ1v) is 8.74. The van der Waals surface area contributed by atoms with Crippen molar-refractivity contribution in [2.24, 2.45) is 0 Å². The summed E-state index contributed by atoms with van der Waals surface area (Å²) in [7, 11) is -2.97. The quantitative estimate of drug-likeness (QED) is 0.819. The molecule has 0 aliphatic rings. The molecule has 0 radical (unpaired) electrons. The molecule has 0 spiro atoms. The summed E-state index contributed by atoms with van der Waals surface area (Å²) in [6.45, 7) is 1.80. The molecule has 0 saturated carbocycles. The fourth-order valence-electron chi connectivity index (χ4n) is 2.00. The lowest BCUT2D eigenvalue weighted by atomic mass is 10.1. The Kier molecular flexibility index (Phi) is 5.76. The molecule has 0 fully saturated rings. The third kappa shape index (κ3) is 4.80. The minimum absolute atomic E-state index is 0.0932. The van der Waals surface area contributed by atoms with E-state index >= 15 is 0 Å². The van der Waals surface area contributed by atoms with Crippen LogP contribution in [0.5, 0.6) is 0 Å². The molecule has 2 rings (SSSR count). The van der Waals surface area contributed by atoms with Gasteiger partial charge in [0, 0.05) is 5.56 Å². The molecule has 0 bridgehead atoms. The number of hydrogen-bond donors (Lipinski definition) is 1. The zero-order valence-corrected chi connectivity index (χ0v) is 14.4. The first kappa shape index (κ1) is 18.5. The second-order valence-corrected chi connectivity index (χ2v) is 6.82. The van der Waals surface area contributed by atoms with E-state index in [2.05, 4.69) is 4.74 Å². The molecule has 25 heavy (non-hydrogen) atoms. The number of ether oxygens (including phenoxy) is 2. The SMILES string of the molecule is COC(=O)[C@@H](OC(=O)NS(=O)(=O)c1ccc(C)cc1)c1ccccc1. The highest BCUT2D eigenvalue weighted by atomic mass is 32.2. The summed E-state index contributed by atoms with van der Waals surface area (Å²) in [6.07, 6.45) is -2.65. The van der Waals surface area contributed by atoms with Gasteiger partial charge in [-0.25, -0.2) is 22.7 Å². The van der Waals surface area contributed by atoms with Gasteiger partial charge in [0.1, 0.15) is 0 Å². The van der Waals surface area contributed by atoms with Gasteiger partial charge in [-0.3, -0.25) is 0 Å².